The topological polar surface area (TPSA) is 46.6 Å². The summed E-state index contributed by atoms with van der Waals surface area (Å²) in [6.07, 6.45) is 4.52. The van der Waals surface area contributed by atoms with Gasteiger partial charge in [0.2, 0.25) is 0 Å². The molecule has 0 aromatic heterocycles. The highest BCUT2D eigenvalue weighted by atomic mass is 35.5. The zero-order chi connectivity index (χ0) is 20.1. The van der Waals surface area contributed by atoms with Crippen molar-refractivity contribution in [1.29, 1.82) is 0 Å². The van der Waals surface area contributed by atoms with Crippen molar-refractivity contribution in [1.82, 2.24) is 4.90 Å². The zero-order valence-electron chi connectivity index (χ0n) is 16.5. The number of sulfone groups is 1. The van der Waals surface area contributed by atoms with Crippen molar-refractivity contribution in [2.45, 2.75) is 37.1 Å². The molecule has 1 saturated heterocycles. The highest BCUT2D eigenvalue weighted by Gasteiger charge is 2.25. The molecule has 0 bridgehead atoms. The molecule has 1 fully saturated rings. The lowest BCUT2D eigenvalue weighted by Crippen LogP contribution is -2.44. The van der Waals surface area contributed by atoms with Crippen LogP contribution in [0.1, 0.15) is 25.3 Å². The third-order valence-electron chi connectivity index (χ3n) is 5.42. The molecule has 0 saturated carbocycles. The monoisotopic (exact) mass is 421 g/mol. The van der Waals surface area contributed by atoms with E-state index >= 15 is 0 Å². The van der Waals surface area contributed by atoms with Crippen LogP contribution in [0.25, 0.3) is 0 Å². The molecule has 0 radical (unpaired) electrons. The van der Waals surface area contributed by atoms with Gasteiger partial charge in [-0.05, 0) is 68.1 Å². The van der Waals surface area contributed by atoms with E-state index in [1.54, 1.807) is 24.3 Å². The van der Waals surface area contributed by atoms with Crippen molar-refractivity contribution in [3.8, 4) is 5.75 Å². The summed E-state index contributed by atoms with van der Waals surface area (Å²) in [7, 11) is -3.17. The predicted molar refractivity (Wildman–Crippen MR) is 114 cm³/mol. The summed E-state index contributed by atoms with van der Waals surface area (Å²) in [4.78, 5) is 2.85. The van der Waals surface area contributed by atoms with Gasteiger partial charge in [0.1, 0.15) is 5.75 Å². The summed E-state index contributed by atoms with van der Waals surface area (Å²) in [6, 6.07) is 15.3. The quantitative estimate of drug-likeness (QED) is 0.661. The fourth-order valence-electron chi connectivity index (χ4n) is 3.67. The molecule has 0 aliphatic carbocycles. The average Bonchev–Trinajstić information content (AvgIpc) is 2.66. The molecule has 4 nitrogen and oxygen atoms in total. The highest BCUT2D eigenvalue weighted by molar-refractivity contribution is 7.90. The average molecular weight is 422 g/mol. The van der Waals surface area contributed by atoms with E-state index in [-0.39, 0.29) is 0 Å². The predicted octanol–water partition coefficient (Wildman–Crippen LogP) is 4.47. The molecule has 2 atom stereocenters. The number of nitrogens with zero attached hydrogens (tertiary/aromatic N) is 1. The first-order valence-electron chi connectivity index (χ1n) is 9.72. The number of hydrogen-bond donors (Lipinski definition) is 0. The van der Waals surface area contributed by atoms with E-state index in [4.69, 9.17) is 16.3 Å². The molecule has 2 aromatic carbocycles. The Morgan fingerprint density at radius 2 is 1.89 bits per heavy atom. The molecule has 6 heteroatoms. The maximum Gasteiger partial charge on any atom is 0.175 e. The van der Waals surface area contributed by atoms with Crippen LogP contribution in [0.4, 0.5) is 0 Å². The first-order chi connectivity index (χ1) is 13.3. The van der Waals surface area contributed by atoms with Gasteiger partial charge in [-0.25, -0.2) is 8.42 Å². The minimum absolute atomic E-state index is 0.318. The van der Waals surface area contributed by atoms with Gasteiger partial charge in [0.05, 0.1) is 11.5 Å². The van der Waals surface area contributed by atoms with Crippen molar-refractivity contribution in [2.75, 3.05) is 26.0 Å². The normalized spacial score (nSPS) is 20.8. The van der Waals surface area contributed by atoms with E-state index in [1.807, 2.05) is 18.2 Å². The molecule has 0 N–H and O–H groups in total. The summed E-state index contributed by atoms with van der Waals surface area (Å²) < 4.78 is 29.0. The van der Waals surface area contributed by atoms with Gasteiger partial charge in [-0.15, -0.1) is 0 Å². The summed E-state index contributed by atoms with van der Waals surface area (Å²) in [5.41, 5.74) is 1.27. The van der Waals surface area contributed by atoms with Crippen LogP contribution in [0.5, 0.6) is 5.75 Å². The SMILES string of the molecule is C[C@H]1CC[C@H](COc2ccc(S(C)(=O)=O)cc2)CN1CCc1cccc(Cl)c1. The molecule has 0 spiro atoms. The summed E-state index contributed by atoms with van der Waals surface area (Å²) in [5, 5.41) is 0.789. The van der Waals surface area contributed by atoms with Gasteiger partial charge in [0, 0.05) is 36.3 Å². The number of hydrogen-bond acceptors (Lipinski definition) is 4. The van der Waals surface area contributed by atoms with Crippen LogP contribution in [0, 0.1) is 5.92 Å². The number of ether oxygens (including phenoxy) is 1. The summed E-state index contributed by atoms with van der Waals surface area (Å²) in [6.45, 7) is 4.97. The molecule has 28 heavy (non-hydrogen) atoms. The van der Waals surface area contributed by atoms with Gasteiger partial charge in [0.25, 0.3) is 0 Å². The van der Waals surface area contributed by atoms with Crippen LogP contribution in [0.2, 0.25) is 5.02 Å². The van der Waals surface area contributed by atoms with Gasteiger partial charge in [-0.2, -0.15) is 0 Å². The Balaban J connectivity index is 1.51. The molecular weight excluding hydrogens is 394 g/mol. The molecular formula is C22H28ClNO3S. The Labute approximate surface area is 173 Å². The minimum atomic E-state index is -3.17. The van der Waals surface area contributed by atoms with Crippen molar-refractivity contribution in [3.05, 3.63) is 59.1 Å². The molecule has 2 aromatic rings. The van der Waals surface area contributed by atoms with E-state index in [1.165, 1.54) is 11.8 Å². The third-order valence-corrected chi connectivity index (χ3v) is 6.79. The van der Waals surface area contributed by atoms with E-state index in [0.717, 1.165) is 43.1 Å². The van der Waals surface area contributed by atoms with E-state index in [2.05, 4.69) is 17.9 Å². The van der Waals surface area contributed by atoms with Gasteiger partial charge >= 0.3 is 0 Å². The lowest BCUT2D eigenvalue weighted by Gasteiger charge is -2.38. The van der Waals surface area contributed by atoms with Crippen molar-refractivity contribution in [2.24, 2.45) is 5.92 Å². The smallest absolute Gasteiger partial charge is 0.175 e. The van der Waals surface area contributed by atoms with E-state index in [0.29, 0.717) is 23.5 Å². The van der Waals surface area contributed by atoms with Crippen LogP contribution in [-0.2, 0) is 16.3 Å². The lowest BCUT2D eigenvalue weighted by atomic mass is 9.93. The molecule has 1 heterocycles. The van der Waals surface area contributed by atoms with Crippen LogP contribution >= 0.6 is 11.6 Å². The molecule has 0 amide bonds. The van der Waals surface area contributed by atoms with Crippen LogP contribution in [0.15, 0.2) is 53.4 Å². The largest absolute Gasteiger partial charge is 0.493 e. The zero-order valence-corrected chi connectivity index (χ0v) is 18.0. The number of likely N-dealkylation sites (tertiary alicyclic amines) is 1. The fraction of sp³-hybridized carbons (Fsp3) is 0.455. The molecule has 3 rings (SSSR count). The summed E-state index contributed by atoms with van der Waals surface area (Å²) in [5.74, 6) is 1.20. The highest BCUT2D eigenvalue weighted by Crippen LogP contribution is 2.24. The van der Waals surface area contributed by atoms with E-state index < -0.39 is 9.84 Å². The maximum absolute atomic E-state index is 11.5. The number of rotatable bonds is 7. The third kappa shape index (κ3) is 5.97. The molecule has 1 aliphatic heterocycles. The standard InChI is InChI=1S/C22H28ClNO3S/c1-17-6-7-19(15-24(17)13-12-18-4-3-5-20(23)14-18)16-27-21-8-10-22(11-9-21)28(2,25)26/h3-5,8-11,14,17,19H,6-7,12-13,15-16H2,1-2H3/t17-,19-/m0/s1. The van der Waals surface area contributed by atoms with Gasteiger partial charge < -0.3 is 4.74 Å². The fourth-order valence-corrected chi connectivity index (χ4v) is 4.52. The lowest BCUT2D eigenvalue weighted by molar-refractivity contribution is 0.0905. The second-order valence-corrected chi connectivity index (χ2v) is 10.2. The van der Waals surface area contributed by atoms with Crippen molar-refractivity contribution < 1.29 is 13.2 Å². The van der Waals surface area contributed by atoms with Gasteiger partial charge in [-0.3, -0.25) is 4.90 Å². The maximum atomic E-state index is 11.5. The Hall–Kier alpha value is -1.56. The second-order valence-electron chi connectivity index (χ2n) is 7.72. The minimum Gasteiger partial charge on any atom is -0.493 e. The Bertz CT molecular complexity index is 883. The number of halogens is 1. The molecule has 1 aliphatic rings. The number of benzene rings is 2. The van der Waals surface area contributed by atoms with E-state index in [9.17, 15) is 8.42 Å². The number of piperidine rings is 1. The van der Waals surface area contributed by atoms with Crippen LogP contribution in [0.3, 0.4) is 0 Å². The van der Waals surface area contributed by atoms with Crippen molar-refractivity contribution in [3.63, 3.8) is 0 Å². The first kappa shape index (κ1) is 21.2. The van der Waals surface area contributed by atoms with Gasteiger partial charge in [0.15, 0.2) is 9.84 Å². The molecule has 152 valence electrons. The van der Waals surface area contributed by atoms with Crippen LogP contribution < -0.4 is 4.74 Å². The van der Waals surface area contributed by atoms with Crippen molar-refractivity contribution >= 4 is 21.4 Å². The Morgan fingerprint density at radius 3 is 2.57 bits per heavy atom. The van der Waals surface area contributed by atoms with Gasteiger partial charge in [-0.1, -0.05) is 23.7 Å². The molecule has 0 unspecified atom stereocenters. The first-order valence-corrected chi connectivity index (χ1v) is 12.0. The summed E-state index contributed by atoms with van der Waals surface area (Å²) >= 11 is 6.09. The Kier molecular flexibility index (Phi) is 7.02. The second kappa shape index (κ2) is 9.29. The Morgan fingerprint density at radius 1 is 1.14 bits per heavy atom. The van der Waals surface area contributed by atoms with Crippen LogP contribution in [-0.4, -0.2) is 45.3 Å².